The fraction of sp³-hybridized carbons (Fsp3) is 0. The third kappa shape index (κ3) is 3.84. The molecule has 0 N–H and O–H groups in total. The standard InChI is InChI=1S/C42H28.H2/c1-5-17-29(18-6-1)37-33-25-13-14-26-34(33)39(31-21-9-3-10-22-31)42-40(32-23-11-4-12-24-32)36-28-16-15-27-35(36)38(41(37)42)30-19-7-2-8-20-30;/h1-28H;1H/i;1+1D. The van der Waals surface area contributed by atoms with E-state index in [1.165, 1.54) is 76.8 Å². The Bertz CT molecular complexity index is 1890. The second-order valence-corrected chi connectivity index (χ2v) is 10.8. The largest absolute Gasteiger partial charge is 0.0622 e. The van der Waals surface area contributed by atoms with Gasteiger partial charge in [0.15, 0.2) is 0 Å². The molecule has 0 heteroatoms. The molecule has 0 saturated carbocycles. The topological polar surface area (TPSA) is 0 Å². The Morgan fingerprint density at radius 1 is 0.238 bits per heavy atom. The molecule has 8 aromatic rings. The summed E-state index contributed by atoms with van der Waals surface area (Å²) in [5.74, 6) is 0. The lowest BCUT2D eigenvalue weighted by molar-refractivity contribution is 1.63. The van der Waals surface area contributed by atoms with Crippen LogP contribution < -0.4 is 0 Å². The van der Waals surface area contributed by atoms with Crippen molar-refractivity contribution in [2.24, 2.45) is 0 Å². The van der Waals surface area contributed by atoms with Gasteiger partial charge in [-0.05, 0) is 76.8 Å². The maximum atomic E-state index is 5.00. The second kappa shape index (κ2) is 10.2. The van der Waals surface area contributed by atoms with Crippen molar-refractivity contribution in [3.05, 3.63) is 170 Å². The van der Waals surface area contributed by atoms with E-state index in [0.717, 1.165) is 0 Å². The van der Waals surface area contributed by atoms with Crippen LogP contribution in [-0.2, 0) is 0 Å². The number of benzene rings is 8. The molecule has 198 valence electrons. The van der Waals surface area contributed by atoms with E-state index < -0.39 is 0 Å². The van der Waals surface area contributed by atoms with E-state index >= 15 is 0 Å². The van der Waals surface area contributed by atoms with Crippen molar-refractivity contribution in [1.29, 1.82) is 0 Å². The molecule has 0 heterocycles. The van der Waals surface area contributed by atoms with E-state index in [9.17, 15) is 0 Å². The molecule has 0 aromatic heterocycles. The van der Waals surface area contributed by atoms with Gasteiger partial charge in [0.05, 0.1) is 0 Å². The highest BCUT2D eigenvalue weighted by atomic mass is 14.3. The molecule has 0 amide bonds. The van der Waals surface area contributed by atoms with Crippen LogP contribution in [0.2, 0.25) is 0 Å². The number of hydrogen-bond acceptors (Lipinski definition) is 0. The summed E-state index contributed by atoms with van der Waals surface area (Å²) in [5, 5.41) is 7.65. The van der Waals surface area contributed by atoms with Gasteiger partial charge in [-0.1, -0.05) is 170 Å². The van der Waals surface area contributed by atoms with Gasteiger partial charge < -0.3 is 0 Å². The normalized spacial score (nSPS) is 11.5. The zero-order chi connectivity index (χ0) is 29.9. The number of hydrogen-bond donors (Lipinski definition) is 0. The lowest BCUT2D eigenvalue weighted by atomic mass is 9.77. The van der Waals surface area contributed by atoms with Gasteiger partial charge in [-0.2, -0.15) is 0 Å². The summed E-state index contributed by atoms with van der Waals surface area (Å²) in [6.45, 7) is 0. The monoisotopic (exact) mass is 536 g/mol. The molecule has 0 radical (unpaired) electrons. The minimum absolute atomic E-state index is 1.23. The van der Waals surface area contributed by atoms with Gasteiger partial charge in [-0.25, -0.2) is 0 Å². The third-order valence-electron chi connectivity index (χ3n) is 8.43. The minimum atomic E-state index is 1.23. The highest BCUT2D eigenvalue weighted by Crippen LogP contribution is 2.53. The first-order valence-corrected chi connectivity index (χ1v) is 14.5. The van der Waals surface area contributed by atoms with Crippen LogP contribution in [0.4, 0.5) is 0 Å². The highest BCUT2D eigenvalue weighted by Gasteiger charge is 2.25. The molecule has 0 aliphatic rings. The third-order valence-corrected chi connectivity index (χ3v) is 8.43. The Labute approximate surface area is 249 Å². The maximum Gasteiger partial charge on any atom is 0 e. The van der Waals surface area contributed by atoms with E-state index in [1.54, 1.807) is 0 Å². The van der Waals surface area contributed by atoms with E-state index in [-0.39, 0.29) is 0 Å². The van der Waals surface area contributed by atoms with Crippen molar-refractivity contribution in [2.45, 2.75) is 0 Å². The van der Waals surface area contributed by atoms with E-state index in [1.807, 2.05) is 0 Å². The molecule has 0 saturated heterocycles. The molecular weight excluding hydrogens is 504 g/mol. The molecule has 42 heavy (non-hydrogen) atoms. The van der Waals surface area contributed by atoms with Crippen LogP contribution >= 0.6 is 0 Å². The average molecular weight is 537 g/mol. The van der Waals surface area contributed by atoms with Crippen LogP contribution in [0.15, 0.2) is 170 Å². The van der Waals surface area contributed by atoms with Gasteiger partial charge in [0.25, 0.3) is 0 Å². The zero-order valence-electron chi connectivity index (χ0n) is 25.2. The van der Waals surface area contributed by atoms with Crippen molar-refractivity contribution in [1.82, 2.24) is 0 Å². The second-order valence-electron chi connectivity index (χ2n) is 10.8. The highest BCUT2D eigenvalue weighted by molar-refractivity contribution is 6.33. The van der Waals surface area contributed by atoms with Crippen molar-refractivity contribution < 1.29 is 2.97 Å². The Morgan fingerprint density at radius 2 is 0.429 bits per heavy atom. The van der Waals surface area contributed by atoms with Gasteiger partial charge in [-0.3, -0.25) is 0 Å². The summed E-state index contributed by atoms with van der Waals surface area (Å²) in [5.41, 5.74) is 10.0. The lowest BCUT2D eigenvalue weighted by Crippen LogP contribution is -1.97. The summed E-state index contributed by atoms with van der Waals surface area (Å²) in [6.07, 6.45) is 0. The van der Waals surface area contributed by atoms with Crippen LogP contribution in [-0.4, -0.2) is 0 Å². The Balaban J connectivity index is 0.00000153. The first kappa shape index (κ1) is 23.3. The molecule has 0 fully saturated rings. The fourth-order valence-electron chi connectivity index (χ4n) is 6.75. The van der Waals surface area contributed by atoms with Crippen molar-refractivity contribution >= 4 is 32.3 Å². The summed E-state index contributed by atoms with van der Waals surface area (Å²) >= 11 is 0. The quantitative estimate of drug-likeness (QED) is 0.196. The van der Waals surface area contributed by atoms with E-state index in [4.69, 9.17) is 2.97 Å². The van der Waals surface area contributed by atoms with Gasteiger partial charge in [-0.15, -0.1) is 0 Å². The van der Waals surface area contributed by atoms with Crippen LogP contribution in [0, 0.1) is 0 Å². The molecule has 0 atom stereocenters. The van der Waals surface area contributed by atoms with Crippen molar-refractivity contribution in [3.8, 4) is 44.5 Å². The smallest absolute Gasteiger partial charge is 0 e. The minimum Gasteiger partial charge on any atom is -0.0622 e. The van der Waals surface area contributed by atoms with Gasteiger partial charge >= 0.3 is 0 Å². The summed E-state index contributed by atoms with van der Waals surface area (Å²) in [6, 6.07) is 61.7. The fourth-order valence-corrected chi connectivity index (χ4v) is 6.75. The number of fused-ring (bicyclic) bond motifs is 3. The van der Waals surface area contributed by atoms with Gasteiger partial charge in [0.2, 0.25) is 0 Å². The first-order valence-electron chi connectivity index (χ1n) is 15.5. The van der Waals surface area contributed by atoms with Crippen LogP contribution in [0.3, 0.4) is 0 Å². The summed E-state index contributed by atoms with van der Waals surface area (Å²) in [7, 11) is 0. The Morgan fingerprint density at radius 3 is 0.643 bits per heavy atom. The molecule has 0 bridgehead atoms. The zero-order valence-corrected chi connectivity index (χ0v) is 23.2. The van der Waals surface area contributed by atoms with Crippen LogP contribution in [0.25, 0.3) is 76.8 Å². The van der Waals surface area contributed by atoms with E-state index in [0.29, 0.717) is 0 Å². The predicted octanol–water partition coefficient (Wildman–Crippen LogP) is 12.1. The number of rotatable bonds is 4. The molecule has 8 aromatic carbocycles. The Kier molecular flexibility index (Phi) is 5.64. The van der Waals surface area contributed by atoms with Gasteiger partial charge in [0.1, 0.15) is 0 Å². The van der Waals surface area contributed by atoms with Crippen molar-refractivity contribution in [3.63, 3.8) is 0 Å². The summed E-state index contributed by atoms with van der Waals surface area (Å²) < 4.78 is 10.0. The lowest BCUT2D eigenvalue weighted by Gasteiger charge is -2.25. The molecule has 8 rings (SSSR count). The van der Waals surface area contributed by atoms with Crippen LogP contribution in [0.5, 0.6) is 0 Å². The Hall–Kier alpha value is -5.46. The average Bonchev–Trinajstić information content (AvgIpc) is 3.12. The molecule has 0 aliphatic carbocycles. The molecule has 0 aliphatic heterocycles. The van der Waals surface area contributed by atoms with Crippen LogP contribution in [0.1, 0.15) is 2.97 Å². The first-order chi connectivity index (χ1) is 21.9. The van der Waals surface area contributed by atoms with Crippen molar-refractivity contribution in [2.75, 3.05) is 0 Å². The SMILES string of the molecule is [2H][2H].c1ccc(-c2c3ccccc3c(-c3ccccc3)c3c(-c4ccccc4)c4ccccc4c(-c4ccccc4)c23)cc1. The maximum absolute atomic E-state index is 5.00. The predicted molar refractivity (Wildman–Crippen MR) is 183 cm³/mol. The molecule has 0 unspecified atom stereocenters. The molecule has 0 spiro atoms. The molecule has 0 nitrogen and oxygen atoms in total. The summed E-state index contributed by atoms with van der Waals surface area (Å²) in [4.78, 5) is 0. The van der Waals surface area contributed by atoms with Gasteiger partial charge in [0, 0.05) is 2.97 Å². The van der Waals surface area contributed by atoms with E-state index in [2.05, 4.69) is 170 Å². The molecular formula is C42H30.